The fourth-order valence-corrected chi connectivity index (χ4v) is 2.67. The molecule has 1 heterocycles. The highest BCUT2D eigenvalue weighted by atomic mass is 16.5. The lowest BCUT2D eigenvalue weighted by Gasteiger charge is -2.17. The summed E-state index contributed by atoms with van der Waals surface area (Å²) in [6, 6.07) is 11.3. The highest BCUT2D eigenvalue weighted by Gasteiger charge is 2.22. The number of aryl methyl sites for hydroxylation is 2. The average molecular weight is 339 g/mol. The van der Waals surface area contributed by atoms with E-state index in [1.807, 2.05) is 37.3 Å². The lowest BCUT2D eigenvalue weighted by Crippen LogP contribution is -2.35. The number of ether oxygens (including phenoxy) is 1. The first-order valence-electron chi connectivity index (χ1n) is 7.93. The minimum absolute atomic E-state index is 0.160. The van der Waals surface area contributed by atoms with E-state index in [0.717, 1.165) is 11.1 Å². The number of rotatable bonds is 6. The summed E-state index contributed by atoms with van der Waals surface area (Å²) in [5.74, 6) is -1.18. The van der Waals surface area contributed by atoms with E-state index in [9.17, 15) is 9.59 Å². The number of esters is 1. The molecule has 0 fully saturated rings. The molecule has 0 saturated heterocycles. The van der Waals surface area contributed by atoms with E-state index in [1.54, 1.807) is 17.8 Å². The summed E-state index contributed by atoms with van der Waals surface area (Å²) in [7, 11) is 3.03. The molecule has 6 nitrogen and oxygen atoms in total. The predicted octanol–water partition coefficient (Wildman–Crippen LogP) is 1.97. The molecule has 1 atom stereocenters. The zero-order valence-corrected chi connectivity index (χ0v) is 14.6. The van der Waals surface area contributed by atoms with Gasteiger partial charge in [-0.25, -0.2) is 0 Å². The van der Waals surface area contributed by atoms with Gasteiger partial charge in [0, 0.05) is 19.8 Å². The van der Waals surface area contributed by atoms with Crippen LogP contribution in [-0.2, 0) is 23.0 Å². The number of nitrogens with zero attached hydrogens (tertiary/aromatic N) is 2. The zero-order chi connectivity index (χ0) is 18.4. The van der Waals surface area contributed by atoms with Crippen molar-refractivity contribution in [1.29, 1.82) is 5.26 Å². The number of amides is 1. The van der Waals surface area contributed by atoms with Crippen LogP contribution in [0.3, 0.4) is 0 Å². The maximum atomic E-state index is 12.3. The molecule has 0 aliphatic carbocycles. The van der Waals surface area contributed by atoms with Gasteiger partial charge in [0.2, 0.25) is 0 Å². The molecule has 0 spiro atoms. The Kier molecular flexibility index (Phi) is 5.96. The Morgan fingerprint density at radius 2 is 2.08 bits per heavy atom. The Balaban J connectivity index is 2.08. The maximum Gasteiger partial charge on any atom is 0.310 e. The van der Waals surface area contributed by atoms with Gasteiger partial charge in [0.25, 0.3) is 5.91 Å². The molecule has 0 saturated carbocycles. The first-order chi connectivity index (χ1) is 12.0. The first-order valence-corrected chi connectivity index (χ1v) is 7.93. The van der Waals surface area contributed by atoms with E-state index in [2.05, 4.69) is 5.32 Å². The molecule has 2 aromatic rings. The molecular weight excluding hydrogens is 318 g/mol. The number of nitrogens with one attached hydrogen (secondary N) is 1. The summed E-state index contributed by atoms with van der Waals surface area (Å²) in [4.78, 5) is 24.4. The van der Waals surface area contributed by atoms with E-state index in [4.69, 9.17) is 10.00 Å². The van der Waals surface area contributed by atoms with E-state index in [-0.39, 0.29) is 18.4 Å². The molecule has 0 aliphatic rings. The molecular formula is C19H21N3O3. The molecule has 2 rings (SSSR count). The van der Waals surface area contributed by atoms with E-state index < -0.39 is 5.92 Å². The highest BCUT2D eigenvalue weighted by Crippen LogP contribution is 2.14. The molecule has 25 heavy (non-hydrogen) atoms. The number of carbonyl (C=O) groups is 2. The van der Waals surface area contributed by atoms with Crippen molar-refractivity contribution in [1.82, 2.24) is 9.88 Å². The summed E-state index contributed by atoms with van der Waals surface area (Å²) in [6.07, 6.45) is 2.07. The molecule has 130 valence electrons. The van der Waals surface area contributed by atoms with Gasteiger partial charge in [0.15, 0.2) is 0 Å². The number of nitriles is 1. The quantitative estimate of drug-likeness (QED) is 0.816. The van der Waals surface area contributed by atoms with Crippen molar-refractivity contribution in [2.24, 2.45) is 13.0 Å². The second kappa shape index (κ2) is 8.15. The van der Waals surface area contributed by atoms with Gasteiger partial charge >= 0.3 is 5.97 Å². The van der Waals surface area contributed by atoms with Crippen molar-refractivity contribution < 1.29 is 14.3 Å². The van der Waals surface area contributed by atoms with Gasteiger partial charge < -0.3 is 14.6 Å². The summed E-state index contributed by atoms with van der Waals surface area (Å²) >= 11 is 0. The van der Waals surface area contributed by atoms with Gasteiger partial charge in [0.1, 0.15) is 11.8 Å². The number of aromatic nitrogens is 1. The fourth-order valence-electron chi connectivity index (χ4n) is 2.67. The Hall–Kier alpha value is -3.07. The lowest BCUT2D eigenvalue weighted by molar-refractivity contribution is -0.145. The molecule has 0 radical (unpaired) electrons. The smallest absolute Gasteiger partial charge is 0.310 e. The van der Waals surface area contributed by atoms with Crippen LogP contribution in [0.5, 0.6) is 0 Å². The van der Waals surface area contributed by atoms with Crippen molar-refractivity contribution in [3.05, 3.63) is 58.9 Å². The van der Waals surface area contributed by atoms with Gasteiger partial charge in [-0.3, -0.25) is 9.59 Å². The maximum absolute atomic E-state index is 12.3. The van der Waals surface area contributed by atoms with Crippen LogP contribution in [0.15, 0.2) is 36.5 Å². The largest absolute Gasteiger partial charge is 0.469 e. The minimum atomic E-state index is -0.481. The van der Waals surface area contributed by atoms with Crippen LogP contribution in [0.25, 0.3) is 0 Å². The average Bonchev–Trinajstić information content (AvgIpc) is 3.00. The number of benzene rings is 1. The molecule has 1 aromatic carbocycles. The third kappa shape index (κ3) is 4.48. The Labute approximate surface area is 147 Å². The third-order valence-corrected chi connectivity index (χ3v) is 4.14. The molecule has 0 aliphatic heterocycles. The van der Waals surface area contributed by atoms with Crippen molar-refractivity contribution in [2.45, 2.75) is 13.3 Å². The molecule has 1 aromatic heterocycles. The predicted molar refractivity (Wildman–Crippen MR) is 92.9 cm³/mol. The highest BCUT2D eigenvalue weighted by molar-refractivity contribution is 5.93. The molecule has 6 heteroatoms. The third-order valence-electron chi connectivity index (χ3n) is 4.14. The molecule has 0 bridgehead atoms. The van der Waals surface area contributed by atoms with Crippen LogP contribution < -0.4 is 5.32 Å². The number of hydrogen-bond donors (Lipinski definition) is 1. The van der Waals surface area contributed by atoms with Crippen LogP contribution in [0, 0.1) is 24.2 Å². The van der Waals surface area contributed by atoms with Crippen LogP contribution in [0.2, 0.25) is 0 Å². The monoisotopic (exact) mass is 339 g/mol. The topological polar surface area (TPSA) is 84.1 Å². The summed E-state index contributed by atoms with van der Waals surface area (Å²) in [6.45, 7) is 2.14. The van der Waals surface area contributed by atoms with Gasteiger partial charge in [0.05, 0.1) is 18.6 Å². The number of hydrogen-bond acceptors (Lipinski definition) is 4. The van der Waals surface area contributed by atoms with E-state index >= 15 is 0 Å². The summed E-state index contributed by atoms with van der Waals surface area (Å²) in [5.41, 5.74) is 2.91. The van der Waals surface area contributed by atoms with Gasteiger partial charge in [-0.05, 0) is 30.5 Å². The van der Waals surface area contributed by atoms with Crippen molar-refractivity contribution in [3.8, 4) is 6.07 Å². The summed E-state index contributed by atoms with van der Waals surface area (Å²) in [5, 5.41) is 11.7. The van der Waals surface area contributed by atoms with Crippen LogP contribution in [0.1, 0.15) is 27.2 Å². The van der Waals surface area contributed by atoms with Crippen LogP contribution in [0.4, 0.5) is 0 Å². The van der Waals surface area contributed by atoms with Gasteiger partial charge in [-0.15, -0.1) is 0 Å². The molecule has 1 amide bonds. The fraction of sp³-hybridized carbons (Fsp3) is 0.316. The van der Waals surface area contributed by atoms with Crippen molar-refractivity contribution in [2.75, 3.05) is 13.7 Å². The van der Waals surface area contributed by atoms with E-state index in [1.165, 1.54) is 13.2 Å². The van der Waals surface area contributed by atoms with Crippen LogP contribution >= 0.6 is 0 Å². The summed E-state index contributed by atoms with van der Waals surface area (Å²) < 4.78 is 6.45. The Morgan fingerprint density at radius 1 is 1.36 bits per heavy atom. The second-order valence-electron chi connectivity index (χ2n) is 5.90. The van der Waals surface area contributed by atoms with Gasteiger partial charge in [-0.1, -0.05) is 24.3 Å². The standard InChI is InChI=1S/C19H21N3O3/c1-13-6-4-5-7-15(13)9-16(19(24)25-3)11-21-18(23)17-8-14(10-20)12-22(17)2/h4-8,12,16H,9,11H2,1-3H3,(H,21,23)/t16-/m0/s1. The normalized spacial score (nSPS) is 11.4. The van der Waals surface area contributed by atoms with E-state index in [0.29, 0.717) is 17.7 Å². The van der Waals surface area contributed by atoms with Crippen molar-refractivity contribution >= 4 is 11.9 Å². The lowest BCUT2D eigenvalue weighted by atomic mass is 9.96. The Morgan fingerprint density at radius 3 is 2.68 bits per heavy atom. The van der Waals surface area contributed by atoms with Crippen molar-refractivity contribution in [3.63, 3.8) is 0 Å². The zero-order valence-electron chi connectivity index (χ0n) is 14.6. The van der Waals surface area contributed by atoms with Crippen LogP contribution in [-0.4, -0.2) is 30.1 Å². The minimum Gasteiger partial charge on any atom is -0.469 e. The SMILES string of the molecule is COC(=O)[C@H](CNC(=O)c1cc(C#N)cn1C)Cc1ccccc1C. The molecule has 1 N–H and O–H groups in total. The Bertz CT molecular complexity index is 818. The molecule has 0 unspecified atom stereocenters. The first kappa shape index (κ1) is 18.3. The number of methoxy groups -OCH3 is 1. The number of carbonyl (C=O) groups excluding carboxylic acids is 2. The second-order valence-corrected chi connectivity index (χ2v) is 5.90. The van der Waals surface area contributed by atoms with Gasteiger partial charge in [-0.2, -0.15) is 5.26 Å².